The summed E-state index contributed by atoms with van der Waals surface area (Å²) < 4.78 is 4.46. The molecule has 1 rings (SSSR count). The van der Waals surface area contributed by atoms with Gasteiger partial charge < -0.3 is 9.84 Å². The van der Waals surface area contributed by atoms with Gasteiger partial charge in [0.1, 0.15) is 0 Å². The van der Waals surface area contributed by atoms with Gasteiger partial charge in [-0.2, -0.15) is 0 Å². The summed E-state index contributed by atoms with van der Waals surface area (Å²) in [5, 5.41) is 10.2. The summed E-state index contributed by atoms with van der Waals surface area (Å²) in [7, 11) is 1.25. The maximum Gasteiger partial charge on any atom is 0.339 e. The lowest BCUT2D eigenvalue weighted by Gasteiger charge is -2.11. The molecule has 1 atom stereocenters. The van der Waals surface area contributed by atoms with E-state index in [4.69, 9.17) is 0 Å². The molecule has 0 aliphatic heterocycles. The van der Waals surface area contributed by atoms with Crippen molar-refractivity contribution in [2.75, 3.05) is 7.11 Å². The number of hydrogen-bond acceptors (Lipinski definition) is 3. The molecule has 0 saturated carbocycles. The molecule has 0 heterocycles. The van der Waals surface area contributed by atoms with E-state index in [2.05, 4.69) is 20.7 Å². The number of aliphatic hydroxyl groups excluding tert-OH is 1. The second-order valence-electron chi connectivity index (χ2n) is 2.76. The number of halogens is 1. The summed E-state index contributed by atoms with van der Waals surface area (Å²) >= 11 is 3.28. The molecule has 0 radical (unpaired) electrons. The first kappa shape index (κ1) is 11.2. The van der Waals surface area contributed by atoms with Gasteiger partial charge in [0.2, 0.25) is 0 Å². The Morgan fingerprint density at radius 3 is 2.79 bits per heavy atom. The van der Waals surface area contributed by atoms with Crippen LogP contribution >= 0.6 is 15.9 Å². The van der Waals surface area contributed by atoms with Crippen molar-refractivity contribution in [2.45, 2.75) is 11.4 Å². The van der Waals surface area contributed by atoms with E-state index in [0.29, 0.717) is 10.9 Å². The number of benzene rings is 1. The molecular formula is C10H11BrO3. The quantitative estimate of drug-likeness (QED) is 0.665. The highest BCUT2D eigenvalue weighted by atomic mass is 79.9. The predicted molar refractivity (Wildman–Crippen MR) is 56.0 cm³/mol. The van der Waals surface area contributed by atoms with Crippen LogP contribution in [-0.2, 0) is 14.9 Å². The summed E-state index contributed by atoms with van der Waals surface area (Å²) in [6.45, 7) is 0. The van der Waals surface area contributed by atoms with E-state index in [0.717, 1.165) is 5.56 Å². The molecule has 1 N–H and O–H groups in total. The lowest BCUT2D eigenvalue weighted by atomic mass is 10.0. The van der Waals surface area contributed by atoms with Crippen molar-refractivity contribution >= 4 is 21.9 Å². The van der Waals surface area contributed by atoms with Crippen molar-refractivity contribution < 1.29 is 14.6 Å². The Balaban J connectivity index is 2.99. The molecule has 76 valence electrons. The average Bonchev–Trinajstić information content (AvgIpc) is 2.26. The molecule has 0 saturated heterocycles. The molecule has 3 nitrogen and oxygen atoms in total. The smallest absolute Gasteiger partial charge is 0.339 e. The Kier molecular flexibility index (Phi) is 4.10. The Morgan fingerprint density at radius 2 is 2.21 bits per heavy atom. The van der Waals surface area contributed by atoms with Gasteiger partial charge in [0, 0.05) is 5.33 Å². The Hall–Kier alpha value is -0.870. The van der Waals surface area contributed by atoms with E-state index >= 15 is 0 Å². The number of alkyl halides is 1. The van der Waals surface area contributed by atoms with Gasteiger partial charge in [-0.05, 0) is 11.1 Å². The van der Waals surface area contributed by atoms with Crippen LogP contribution in [0.3, 0.4) is 0 Å². The second-order valence-corrected chi connectivity index (χ2v) is 3.32. The molecule has 1 aromatic carbocycles. The van der Waals surface area contributed by atoms with Gasteiger partial charge in [-0.25, -0.2) is 4.79 Å². The van der Waals surface area contributed by atoms with Gasteiger partial charge in [-0.1, -0.05) is 40.2 Å². The summed E-state index contributed by atoms with van der Waals surface area (Å²) in [6, 6.07) is 7.17. The average molecular weight is 259 g/mol. The van der Waals surface area contributed by atoms with Crippen LogP contribution in [0.1, 0.15) is 17.2 Å². The molecule has 0 amide bonds. The van der Waals surface area contributed by atoms with Crippen LogP contribution in [0.25, 0.3) is 0 Å². The van der Waals surface area contributed by atoms with E-state index in [1.165, 1.54) is 7.11 Å². The van der Waals surface area contributed by atoms with Crippen LogP contribution in [-0.4, -0.2) is 18.2 Å². The van der Waals surface area contributed by atoms with Gasteiger partial charge >= 0.3 is 5.97 Å². The molecule has 1 unspecified atom stereocenters. The summed E-state index contributed by atoms with van der Waals surface area (Å²) in [5.41, 5.74) is 1.46. The minimum atomic E-state index is -1.20. The zero-order chi connectivity index (χ0) is 10.6. The maximum absolute atomic E-state index is 11.1. The number of rotatable bonds is 3. The molecule has 14 heavy (non-hydrogen) atoms. The fourth-order valence-electron chi connectivity index (χ4n) is 1.16. The monoisotopic (exact) mass is 258 g/mol. The van der Waals surface area contributed by atoms with Gasteiger partial charge in [0.05, 0.1) is 7.11 Å². The first-order valence-corrected chi connectivity index (χ1v) is 5.22. The molecule has 0 fully saturated rings. The normalized spacial score (nSPS) is 12.2. The number of aliphatic hydroxyl groups is 1. The maximum atomic E-state index is 11.1. The van der Waals surface area contributed by atoms with Crippen molar-refractivity contribution in [3.63, 3.8) is 0 Å². The van der Waals surface area contributed by atoms with E-state index in [1.807, 2.05) is 12.1 Å². The van der Waals surface area contributed by atoms with E-state index < -0.39 is 12.1 Å². The van der Waals surface area contributed by atoms with Gasteiger partial charge in [-0.15, -0.1) is 0 Å². The largest absolute Gasteiger partial charge is 0.467 e. The van der Waals surface area contributed by atoms with Crippen molar-refractivity contribution in [3.8, 4) is 0 Å². The van der Waals surface area contributed by atoms with Crippen molar-refractivity contribution in [2.24, 2.45) is 0 Å². The van der Waals surface area contributed by atoms with Crippen molar-refractivity contribution in [1.29, 1.82) is 0 Å². The van der Waals surface area contributed by atoms with Gasteiger partial charge in [0.25, 0.3) is 0 Å². The van der Waals surface area contributed by atoms with E-state index in [9.17, 15) is 9.90 Å². The Morgan fingerprint density at radius 1 is 1.57 bits per heavy atom. The molecular weight excluding hydrogens is 248 g/mol. The third kappa shape index (κ3) is 2.33. The minimum absolute atomic E-state index is 0.580. The molecule has 1 aromatic rings. The summed E-state index contributed by atoms with van der Waals surface area (Å²) in [4.78, 5) is 11.1. The first-order valence-electron chi connectivity index (χ1n) is 4.10. The first-order chi connectivity index (χ1) is 6.70. The van der Waals surface area contributed by atoms with Crippen LogP contribution < -0.4 is 0 Å². The van der Waals surface area contributed by atoms with Crippen LogP contribution in [0.5, 0.6) is 0 Å². The Bertz CT molecular complexity index is 325. The number of carbonyl (C=O) groups is 1. The van der Waals surface area contributed by atoms with Crippen LogP contribution in [0.2, 0.25) is 0 Å². The minimum Gasteiger partial charge on any atom is -0.467 e. The van der Waals surface area contributed by atoms with Gasteiger partial charge in [-0.3, -0.25) is 0 Å². The van der Waals surface area contributed by atoms with Crippen molar-refractivity contribution in [3.05, 3.63) is 35.4 Å². The third-order valence-electron chi connectivity index (χ3n) is 1.92. The lowest BCUT2D eigenvalue weighted by molar-refractivity contribution is -0.150. The molecule has 0 spiro atoms. The molecule has 0 aliphatic carbocycles. The molecule has 4 heteroatoms. The van der Waals surface area contributed by atoms with Crippen molar-refractivity contribution in [1.82, 2.24) is 0 Å². The van der Waals surface area contributed by atoms with Gasteiger partial charge in [0.15, 0.2) is 6.10 Å². The SMILES string of the molecule is COC(=O)C(O)c1ccccc1CBr. The standard InChI is InChI=1S/C10H11BrO3/c1-14-10(13)9(12)8-5-3-2-4-7(8)6-11/h2-5,9,12H,6H2,1H3. The number of methoxy groups -OCH3 is 1. The van der Waals surface area contributed by atoms with Crippen LogP contribution in [0.15, 0.2) is 24.3 Å². The third-order valence-corrected chi connectivity index (χ3v) is 2.52. The van der Waals surface area contributed by atoms with Crippen LogP contribution in [0.4, 0.5) is 0 Å². The summed E-state index contributed by atoms with van der Waals surface area (Å²) in [6.07, 6.45) is -1.20. The van der Waals surface area contributed by atoms with E-state index in [-0.39, 0.29) is 0 Å². The summed E-state index contributed by atoms with van der Waals surface area (Å²) in [5.74, 6) is -0.640. The number of carbonyl (C=O) groups excluding carboxylic acids is 1. The zero-order valence-corrected chi connectivity index (χ0v) is 9.32. The lowest BCUT2D eigenvalue weighted by Crippen LogP contribution is -2.14. The number of hydrogen-bond donors (Lipinski definition) is 1. The fraction of sp³-hybridized carbons (Fsp3) is 0.300. The topological polar surface area (TPSA) is 46.5 Å². The van der Waals surface area contributed by atoms with E-state index in [1.54, 1.807) is 12.1 Å². The highest BCUT2D eigenvalue weighted by molar-refractivity contribution is 9.08. The van der Waals surface area contributed by atoms with Crippen LogP contribution in [0, 0.1) is 0 Å². The fourth-order valence-corrected chi connectivity index (χ4v) is 1.67. The predicted octanol–water partition coefficient (Wildman–Crippen LogP) is 1.79. The zero-order valence-electron chi connectivity index (χ0n) is 7.74. The molecule has 0 aliphatic rings. The highest BCUT2D eigenvalue weighted by Crippen LogP contribution is 2.20. The highest BCUT2D eigenvalue weighted by Gasteiger charge is 2.19. The molecule has 0 bridgehead atoms. The molecule has 0 aromatic heterocycles. The Labute approximate surface area is 90.8 Å². The number of ether oxygens (including phenoxy) is 1. The second kappa shape index (κ2) is 5.12. The number of esters is 1.